The van der Waals surface area contributed by atoms with Gasteiger partial charge in [0.2, 0.25) is 11.7 Å². The average Bonchev–Trinajstić information content (AvgIpc) is 2.80. The van der Waals surface area contributed by atoms with Crippen LogP contribution in [-0.2, 0) is 4.79 Å². The molecule has 3 N–H and O–H groups in total. The summed E-state index contributed by atoms with van der Waals surface area (Å²) in [5.74, 6) is 0.615. The third-order valence-corrected chi connectivity index (χ3v) is 3.50. The van der Waals surface area contributed by atoms with E-state index in [0.717, 1.165) is 13.0 Å². The molecule has 0 unspecified atom stereocenters. The van der Waals surface area contributed by atoms with Crippen molar-refractivity contribution in [2.45, 2.75) is 26.2 Å². The van der Waals surface area contributed by atoms with Crippen LogP contribution < -0.4 is 5.73 Å². The second-order valence-corrected chi connectivity index (χ2v) is 5.59. The first-order valence-corrected chi connectivity index (χ1v) is 7.19. The Morgan fingerprint density at radius 2 is 2.05 bits per heavy atom. The van der Waals surface area contributed by atoms with E-state index in [0.29, 0.717) is 25.5 Å². The number of carbonyl (C=O) groups is 2. The molecule has 0 spiro atoms. The molecule has 0 aliphatic carbocycles. The van der Waals surface area contributed by atoms with Gasteiger partial charge in [0.15, 0.2) is 0 Å². The van der Waals surface area contributed by atoms with Crippen LogP contribution in [0.5, 0.6) is 0 Å². The fourth-order valence-electron chi connectivity index (χ4n) is 2.32. The van der Waals surface area contributed by atoms with Crippen molar-refractivity contribution in [2.24, 2.45) is 5.73 Å². The number of nitrogens with one attached hydrogen (secondary N) is 1. The van der Waals surface area contributed by atoms with Gasteiger partial charge in [0.05, 0.1) is 6.54 Å². The maximum Gasteiger partial charge on any atom is 0.293 e. The summed E-state index contributed by atoms with van der Waals surface area (Å²) in [5, 5.41) is 6.79. The van der Waals surface area contributed by atoms with Gasteiger partial charge in [-0.2, -0.15) is 0 Å². The number of carbonyl (C=O) groups excluding carboxylic acids is 2. The first-order chi connectivity index (χ1) is 9.97. The molecule has 0 bridgehead atoms. The number of amides is 2. The lowest BCUT2D eigenvalue weighted by molar-refractivity contribution is -0.119. The molecular weight excluding hydrogens is 272 g/mol. The van der Waals surface area contributed by atoms with Gasteiger partial charge in [-0.05, 0) is 6.42 Å². The van der Waals surface area contributed by atoms with Crippen molar-refractivity contribution in [1.29, 1.82) is 0 Å². The molecule has 8 heteroatoms. The van der Waals surface area contributed by atoms with Gasteiger partial charge in [-0.15, -0.1) is 5.10 Å². The van der Waals surface area contributed by atoms with Crippen molar-refractivity contribution in [2.75, 3.05) is 32.7 Å². The molecule has 1 aliphatic rings. The highest BCUT2D eigenvalue weighted by Crippen LogP contribution is 2.10. The summed E-state index contributed by atoms with van der Waals surface area (Å²) < 4.78 is 0. The lowest BCUT2D eigenvalue weighted by Crippen LogP contribution is -2.38. The summed E-state index contributed by atoms with van der Waals surface area (Å²) in [5.41, 5.74) is 5.21. The third kappa shape index (κ3) is 4.01. The molecule has 0 saturated carbocycles. The summed E-state index contributed by atoms with van der Waals surface area (Å²) in [6.45, 7) is 6.80. The van der Waals surface area contributed by atoms with Gasteiger partial charge in [0.25, 0.3) is 5.91 Å². The highest BCUT2D eigenvalue weighted by molar-refractivity contribution is 5.90. The van der Waals surface area contributed by atoms with E-state index >= 15 is 0 Å². The number of rotatable bonds is 4. The average molecular weight is 294 g/mol. The number of primary amides is 1. The number of aromatic nitrogens is 3. The predicted molar refractivity (Wildman–Crippen MR) is 76.6 cm³/mol. The highest BCUT2D eigenvalue weighted by Gasteiger charge is 2.24. The zero-order valence-electron chi connectivity index (χ0n) is 12.5. The van der Waals surface area contributed by atoms with E-state index in [1.807, 2.05) is 18.7 Å². The maximum absolute atomic E-state index is 12.4. The monoisotopic (exact) mass is 294 g/mol. The molecule has 2 heterocycles. The van der Waals surface area contributed by atoms with E-state index in [9.17, 15) is 9.59 Å². The van der Waals surface area contributed by atoms with Gasteiger partial charge in [0, 0.05) is 32.1 Å². The van der Waals surface area contributed by atoms with Crippen LogP contribution in [0.25, 0.3) is 0 Å². The van der Waals surface area contributed by atoms with Crippen LogP contribution in [0.3, 0.4) is 0 Å². The predicted octanol–water partition coefficient (Wildman–Crippen LogP) is -0.439. The number of nitrogens with zero attached hydrogens (tertiary/aromatic N) is 4. The molecule has 0 aromatic carbocycles. The summed E-state index contributed by atoms with van der Waals surface area (Å²) >= 11 is 0. The third-order valence-electron chi connectivity index (χ3n) is 3.50. The van der Waals surface area contributed by atoms with Gasteiger partial charge < -0.3 is 10.6 Å². The molecule has 1 aromatic rings. The minimum Gasteiger partial charge on any atom is -0.369 e. The summed E-state index contributed by atoms with van der Waals surface area (Å²) in [7, 11) is 0. The van der Waals surface area contributed by atoms with Crippen LogP contribution in [0.2, 0.25) is 0 Å². The zero-order valence-corrected chi connectivity index (χ0v) is 12.5. The minimum absolute atomic E-state index is 0.168. The van der Waals surface area contributed by atoms with Gasteiger partial charge >= 0.3 is 0 Å². The summed E-state index contributed by atoms with van der Waals surface area (Å²) in [4.78, 5) is 31.3. The maximum atomic E-state index is 12.4. The topological polar surface area (TPSA) is 108 Å². The molecule has 0 atom stereocenters. The molecule has 21 heavy (non-hydrogen) atoms. The first kappa shape index (κ1) is 15.4. The Hall–Kier alpha value is -1.96. The number of hydrogen-bond acceptors (Lipinski definition) is 5. The lowest BCUT2D eigenvalue weighted by atomic mass is 10.2. The van der Waals surface area contributed by atoms with Gasteiger partial charge in [-0.25, -0.2) is 4.98 Å². The fourth-order valence-corrected chi connectivity index (χ4v) is 2.32. The second-order valence-electron chi connectivity index (χ2n) is 5.59. The van der Waals surface area contributed by atoms with Gasteiger partial charge in [-0.3, -0.25) is 19.6 Å². The zero-order chi connectivity index (χ0) is 15.4. The van der Waals surface area contributed by atoms with E-state index < -0.39 is 0 Å². The quantitative estimate of drug-likeness (QED) is 0.782. The van der Waals surface area contributed by atoms with Crippen molar-refractivity contribution in [3.8, 4) is 0 Å². The smallest absolute Gasteiger partial charge is 0.293 e. The van der Waals surface area contributed by atoms with Crippen molar-refractivity contribution >= 4 is 11.8 Å². The molecule has 116 valence electrons. The van der Waals surface area contributed by atoms with E-state index in [-0.39, 0.29) is 30.1 Å². The molecule has 1 saturated heterocycles. The second kappa shape index (κ2) is 6.66. The van der Waals surface area contributed by atoms with Crippen LogP contribution in [0, 0.1) is 0 Å². The molecule has 2 rings (SSSR count). The molecule has 1 aliphatic heterocycles. The SMILES string of the molecule is CC(C)c1nc(C(=O)N2CCCN(CC(N)=O)CC2)n[nH]1. The van der Waals surface area contributed by atoms with Crippen LogP contribution in [0.15, 0.2) is 0 Å². The Bertz CT molecular complexity index is 513. The molecule has 2 amide bonds. The van der Waals surface area contributed by atoms with Crippen molar-refractivity contribution in [3.63, 3.8) is 0 Å². The van der Waals surface area contributed by atoms with Crippen LogP contribution in [0.4, 0.5) is 0 Å². The van der Waals surface area contributed by atoms with Crippen molar-refractivity contribution in [1.82, 2.24) is 25.0 Å². The van der Waals surface area contributed by atoms with E-state index in [1.165, 1.54) is 0 Å². The molecule has 0 radical (unpaired) electrons. The van der Waals surface area contributed by atoms with Crippen LogP contribution in [0.1, 0.15) is 42.6 Å². The number of nitrogens with two attached hydrogens (primary N) is 1. The standard InChI is InChI=1S/C13H22N6O2/c1-9(2)11-15-12(17-16-11)13(21)19-5-3-4-18(6-7-19)8-10(14)20/h9H,3-8H2,1-2H3,(H2,14,20)(H,15,16,17). The largest absolute Gasteiger partial charge is 0.369 e. The molecule has 8 nitrogen and oxygen atoms in total. The normalized spacial score (nSPS) is 17.0. The molecule has 1 aromatic heterocycles. The van der Waals surface area contributed by atoms with E-state index in [2.05, 4.69) is 15.2 Å². The van der Waals surface area contributed by atoms with Crippen molar-refractivity contribution < 1.29 is 9.59 Å². The van der Waals surface area contributed by atoms with E-state index in [1.54, 1.807) is 4.90 Å². The highest BCUT2D eigenvalue weighted by atomic mass is 16.2. The Morgan fingerprint density at radius 1 is 1.29 bits per heavy atom. The van der Waals surface area contributed by atoms with Gasteiger partial charge in [0.1, 0.15) is 5.82 Å². The van der Waals surface area contributed by atoms with Crippen LogP contribution >= 0.6 is 0 Å². The fraction of sp³-hybridized carbons (Fsp3) is 0.692. The minimum atomic E-state index is -0.342. The Morgan fingerprint density at radius 3 is 2.67 bits per heavy atom. The lowest BCUT2D eigenvalue weighted by Gasteiger charge is -2.19. The van der Waals surface area contributed by atoms with Crippen LogP contribution in [-0.4, -0.2) is 69.5 Å². The Balaban J connectivity index is 1.97. The van der Waals surface area contributed by atoms with Gasteiger partial charge in [-0.1, -0.05) is 13.8 Å². The summed E-state index contributed by atoms with van der Waals surface area (Å²) in [6, 6.07) is 0. The number of aromatic amines is 1. The Labute approximate surface area is 123 Å². The number of hydrogen-bond donors (Lipinski definition) is 2. The van der Waals surface area contributed by atoms with E-state index in [4.69, 9.17) is 5.73 Å². The number of H-pyrrole nitrogens is 1. The molecule has 1 fully saturated rings. The Kier molecular flexibility index (Phi) is 4.89. The molecular formula is C13H22N6O2. The first-order valence-electron chi connectivity index (χ1n) is 7.19. The van der Waals surface area contributed by atoms with Crippen molar-refractivity contribution in [3.05, 3.63) is 11.6 Å². The summed E-state index contributed by atoms with van der Waals surface area (Å²) in [6.07, 6.45) is 0.806.